The fraction of sp³-hybridized carbons (Fsp3) is 0.250. The summed E-state index contributed by atoms with van der Waals surface area (Å²) in [5.41, 5.74) is 1.00. The summed E-state index contributed by atoms with van der Waals surface area (Å²) in [6.07, 6.45) is -1.48. The second-order valence-corrected chi connectivity index (χ2v) is 5.64. The van der Waals surface area contributed by atoms with E-state index in [0.29, 0.717) is 17.9 Å². The summed E-state index contributed by atoms with van der Waals surface area (Å²) >= 11 is 2.26. The highest BCUT2D eigenvalue weighted by atomic mass is 32.2. The van der Waals surface area contributed by atoms with Crippen LogP contribution >= 0.6 is 23.1 Å². The van der Waals surface area contributed by atoms with Crippen molar-refractivity contribution in [1.29, 1.82) is 0 Å². The van der Waals surface area contributed by atoms with Crippen LogP contribution in [0.3, 0.4) is 0 Å². The Morgan fingerprint density at radius 3 is 2.47 bits per heavy atom. The van der Waals surface area contributed by atoms with Gasteiger partial charge in [0.25, 0.3) is 0 Å². The lowest BCUT2D eigenvalue weighted by Gasteiger charge is -2.04. The van der Waals surface area contributed by atoms with Crippen LogP contribution in [0.15, 0.2) is 35.4 Å². The number of nitrogens with zero attached hydrogens (tertiary/aromatic N) is 1. The second-order valence-electron chi connectivity index (χ2n) is 3.73. The van der Waals surface area contributed by atoms with Crippen LogP contribution in [-0.2, 0) is 12.7 Å². The Bertz CT molecular complexity index is 535. The monoisotopic (exact) mass is 304 g/mol. The highest BCUT2D eigenvalue weighted by molar-refractivity contribution is 7.98. The first-order chi connectivity index (χ1) is 8.99. The lowest BCUT2D eigenvalue weighted by atomic mass is 10.2. The molecule has 0 aliphatic heterocycles. The molecular weight excluding hydrogens is 293 g/mol. The van der Waals surface area contributed by atoms with Gasteiger partial charge in [-0.1, -0.05) is 23.5 Å². The van der Waals surface area contributed by atoms with Gasteiger partial charge in [-0.2, -0.15) is 13.2 Å². The van der Waals surface area contributed by atoms with Crippen LogP contribution < -0.4 is 5.32 Å². The number of thiazole rings is 1. The molecule has 0 amide bonds. The number of alkyl halides is 3. The van der Waals surface area contributed by atoms with E-state index in [4.69, 9.17) is 0 Å². The summed E-state index contributed by atoms with van der Waals surface area (Å²) in [5, 5.41) is 3.17. The van der Waals surface area contributed by atoms with E-state index in [1.54, 1.807) is 11.8 Å². The first-order valence-corrected chi connectivity index (χ1v) is 7.43. The van der Waals surface area contributed by atoms with E-state index in [1.807, 2.05) is 30.5 Å². The number of benzene rings is 1. The molecular formula is C12H11F3N2S2. The quantitative estimate of drug-likeness (QED) is 0.842. The van der Waals surface area contributed by atoms with E-state index in [2.05, 4.69) is 10.3 Å². The maximum atomic E-state index is 12.4. The van der Waals surface area contributed by atoms with Gasteiger partial charge < -0.3 is 5.32 Å². The van der Waals surface area contributed by atoms with Gasteiger partial charge in [0, 0.05) is 11.4 Å². The summed E-state index contributed by atoms with van der Waals surface area (Å²) in [5.74, 6) is 0. The van der Waals surface area contributed by atoms with Gasteiger partial charge in [-0.05, 0) is 24.0 Å². The number of thioether (sulfide) groups is 1. The molecule has 1 heterocycles. The maximum Gasteiger partial charge on any atom is 0.427 e. The van der Waals surface area contributed by atoms with Crippen molar-refractivity contribution in [3.8, 4) is 0 Å². The molecule has 1 N–H and O–H groups in total. The van der Waals surface area contributed by atoms with Crippen LogP contribution in [0.5, 0.6) is 0 Å². The van der Waals surface area contributed by atoms with E-state index < -0.39 is 11.1 Å². The Labute approximate surface area is 117 Å². The predicted molar refractivity (Wildman–Crippen MR) is 72.7 cm³/mol. The van der Waals surface area contributed by atoms with Gasteiger partial charge in [0.05, 0.1) is 6.20 Å². The number of anilines is 1. The maximum absolute atomic E-state index is 12.4. The van der Waals surface area contributed by atoms with E-state index in [1.165, 1.54) is 0 Å². The van der Waals surface area contributed by atoms with Crippen LogP contribution in [0.25, 0.3) is 0 Å². The fourth-order valence-electron chi connectivity index (χ4n) is 1.41. The molecule has 0 saturated heterocycles. The van der Waals surface area contributed by atoms with Gasteiger partial charge >= 0.3 is 6.18 Å². The van der Waals surface area contributed by atoms with Crippen molar-refractivity contribution in [2.24, 2.45) is 0 Å². The summed E-state index contributed by atoms with van der Waals surface area (Å²) in [4.78, 5) is 4.18. The fourth-order valence-corrected chi connectivity index (χ4v) is 2.50. The third-order valence-electron chi connectivity index (χ3n) is 2.39. The average molecular weight is 304 g/mol. The Morgan fingerprint density at radius 1 is 1.26 bits per heavy atom. The van der Waals surface area contributed by atoms with Gasteiger partial charge in [0.15, 0.2) is 5.13 Å². The van der Waals surface area contributed by atoms with Gasteiger partial charge in [-0.25, -0.2) is 4.98 Å². The zero-order valence-corrected chi connectivity index (χ0v) is 11.6. The second kappa shape index (κ2) is 5.83. The molecule has 19 heavy (non-hydrogen) atoms. The van der Waals surface area contributed by atoms with Crippen molar-refractivity contribution >= 4 is 28.2 Å². The average Bonchev–Trinajstić information content (AvgIpc) is 2.86. The largest absolute Gasteiger partial charge is 0.427 e. The number of rotatable bonds is 4. The van der Waals surface area contributed by atoms with E-state index in [9.17, 15) is 13.2 Å². The Balaban J connectivity index is 1.96. The molecule has 0 atom stereocenters. The van der Waals surface area contributed by atoms with Crippen LogP contribution in [-0.4, -0.2) is 11.2 Å². The molecule has 0 unspecified atom stereocenters. The Morgan fingerprint density at radius 2 is 1.95 bits per heavy atom. The number of nitrogens with one attached hydrogen (secondary N) is 1. The topological polar surface area (TPSA) is 24.9 Å². The van der Waals surface area contributed by atoms with Crippen molar-refractivity contribution in [2.45, 2.75) is 17.6 Å². The highest BCUT2D eigenvalue weighted by Gasteiger charge is 2.33. The predicted octanol–water partition coefficient (Wildman–Crippen LogP) is 4.50. The van der Waals surface area contributed by atoms with Crippen molar-refractivity contribution in [2.75, 3.05) is 11.6 Å². The molecule has 0 radical (unpaired) electrons. The van der Waals surface area contributed by atoms with Crippen molar-refractivity contribution in [3.63, 3.8) is 0 Å². The highest BCUT2D eigenvalue weighted by Crippen LogP contribution is 2.35. The molecule has 0 bridgehead atoms. The molecule has 0 spiro atoms. The molecule has 1 aromatic carbocycles. The number of hydrogen-bond donors (Lipinski definition) is 1. The molecule has 0 fully saturated rings. The van der Waals surface area contributed by atoms with Gasteiger partial charge in [-0.3, -0.25) is 0 Å². The molecule has 7 heteroatoms. The minimum Gasteiger partial charge on any atom is -0.357 e. The van der Waals surface area contributed by atoms with Crippen molar-refractivity contribution < 1.29 is 13.2 Å². The van der Waals surface area contributed by atoms with Crippen molar-refractivity contribution in [3.05, 3.63) is 40.9 Å². The van der Waals surface area contributed by atoms with Gasteiger partial charge in [-0.15, -0.1) is 11.8 Å². The van der Waals surface area contributed by atoms with Crippen LogP contribution in [0.2, 0.25) is 0 Å². The zero-order chi connectivity index (χ0) is 13.9. The first-order valence-electron chi connectivity index (χ1n) is 5.39. The number of aromatic nitrogens is 1. The molecule has 0 saturated carbocycles. The number of hydrogen-bond acceptors (Lipinski definition) is 4. The molecule has 2 rings (SSSR count). The van der Waals surface area contributed by atoms with Gasteiger partial charge in [0.1, 0.15) is 4.88 Å². The molecule has 0 aliphatic rings. The lowest BCUT2D eigenvalue weighted by molar-refractivity contribution is -0.134. The lowest BCUT2D eigenvalue weighted by Crippen LogP contribution is -2.00. The van der Waals surface area contributed by atoms with E-state index in [-0.39, 0.29) is 5.13 Å². The smallest absolute Gasteiger partial charge is 0.357 e. The van der Waals surface area contributed by atoms with Gasteiger partial charge in [0.2, 0.25) is 0 Å². The Hall–Kier alpha value is -1.21. The van der Waals surface area contributed by atoms with E-state index in [0.717, 1.165) is 16.7 Å². The Kier molecular flexibility index (Phi) is 4.36. The zero-order valence-electron chi connectivity index (χ0n) is 9.99. The minimum atomic E-state index is -4.32. The first kappa shape index (κ1) is 14.2. The van der Waals surface area contributed by atoms with Crippen molar-refractivity contribution in [1.82, 2.24) is 4.98 Å². The summed E-state index contributed by atoms with van der Waals surface area (Å²) < 4.78 is 37.2. The van der Waals surface area contributed by atoms with Crippen LogP contribution in [0.1, 0.15) is 10.4 Å². The van der Waals surface area contributed by atoms with E-state index >= 15 is 0 Å². The van der Waals surface area contributed by atoms with Crippen LogP contribution in [0, 0.1) is 0 Å². The minimum absolute atomic E-state index is 0.279. The normalized spacial score (nSPS) is 11.6. The summed E-state index contributed by atoms with van der Waals surface area (Å²) in [6, 6.07) is 7.84. The third kappa shape index (κ3) is 3.87. The summed E-state index contributed by atoms with van der Waals surface area (Å²) in [6.45, 7) is 0.458. The standard InChI is InChI=1S/C12H11F3N2S2/c1-18-9-4-2-8(3-5-9)6-16-11-17-7-10(19-11)12(13,14)15/h2-5,7H,6H2,1H3,(H,16,17). The molecule has 0 aliphatic carbocycles. The molecule has 2 nitrogen and oxygen atoms in total. The number of halogens is 3. The van der Waals surface area contributed by atoms with Crippen LogP contribution in [0.4, 0.5) is 18.3 Å². The molecule has 2 aromatic rings. The molecule has 1 aromatic heterocycles. The summed E-state index contributed by atoms with van der Waals surface area (Å²) in [7, 11) is 0. The molecule has 102 valence electrons. The third-order valence-corrected chi connectivity index (χ3v) is 4.13. The SMILES string of the molecule is CSc1ccc(CNc2ncc(C(F)(F)F)s2)cc1.